The molecule has 0 radical (unpaired) electrons. The highest BCUT2D eigenvalue weighted by Crippen LogP contribution is 2.19. The third kappa shape index (κ3) is 3.10. The van der Waals surface area contributed by atoms with E-state index in [1.165, 1.54) is 0 Å². The van der Waals surface area contributed by atoms with Crippen LogP contribution < -0.4 is 11.1 Å². The molecule has 0 spiro atoms. The van der Waals surface area contributed by atoms with Crippen LogP contribution in [-0.2, 0) is 9.59 Å². The molecule has 2 aliphatic rings. The second-order valence-corrected chi connectivity index (χ2v) is 4.58. The van der Waals surface area contributed by atoms with Crippen molar-refractivity contribution in [1.29, 1.82) is 0 Å². The number of hydrogen-bond acceptors (Lipinski definition) is 3. The van der Waals surface area contributed by atoms with Crippen molar-refractivity contribution < 1.29 is 9.59 Å². The standard InChI is InChI=1S/C11H19N3O2.ClH/c12-7-8-3-1-2-6-14(8)11(16)9-4-5-10(15)13-9;/h8-9H,1-7,12H2,(H,13,15);1H. The number of nitrogens with zero attached hydrogens (tertiary/aromatic N) is 1. The number of carbonyl (C=O) groups is 2. The lowest BCUT2D eigenvalue weighted by Crippen LogP contribution is -2.53. The molecule has 0 aliphatic carbocycles. The van der Waals surface area contributed by atoms with Crippen molar-refractivity contribution in [2.75, 3.05) is 13.1 Å². The average Bonchev–Trinajstić information content (AvgIpc) is 2.75. The summed E-state index contributed by atoms with van der Waals surface area (Å²) in [6.07, 6.45) is 4.28. The highest BCUT2D eigenvalue weighted by molar-refractivity contribution is 5.91. The van der Waals surface area contributed by atoms with Gasteiger partial charge in [-0.3, -0.25) is 9.59 Å². The average molecular weight is 262 g/mol. The molecule has 2 rings (SSSR count). The van der Waals surface area contributed by atoms with Crippen molar-refractivity contribution in [3.63, 3.8) is 0 Å². The SMILES string of the molecule is Cl.NCC1CCCCN1C(=O)C1CCC(=O)N1. The molecule has 2 atom stereocenters. The van der Waals surface area contributed by atoms with Crippen molar-refractivity contribution >= 4 is 24.2 Å². The van der Waals surface area contributed by atoms with E-state index in [0.29, 0.717) is 19.4 Å². The molecule has 3 N–H and O–H groups in total. The van der Waals surface area contributed by atoms with Gasteiger partial charge in [-0.25, -0.2) is 0 Å². The van der Waals surface area contributed by atoms with Crippen LogP contribution in [0.25, 0.3) is 0 Å². The van der Waals surface area contributed by atoms with Crippen molar-refractivity contribution in [2.45, 2.75) is 44.2 Å². The number of nitrogens with two attached hydrogens (primary N) is 1. The smallest absolute Gasteiger partial charge is 0.245 e. The van der Waals surface area contributed by atoms with Crippen molar-refractivity contribution in [3.8, 4) is 0 Å². The summed E-state index contributed by atoms with van der Waals surface area (Å²) in [6.45, 7) is 1.31. The highest BCUT2D eigenvalue weighted by Gasteiger charge is 2.34. The third-order valence-electron chi connectivity index (χ3n) is 3.48. The summed E-state index contributed by atoms with van der Waals surface area (Å²) in [6, 6.07) is -0.140. The van der Waals surface area contributed by atoms with E-state index in [2.05, 4.69) is 5.32 Å². The van der Waals surface area contributed by atoms with Crippen molar-refractivity contribution in [1.82, 2.24) is 10.2 Å². The first-order valence-corrected chi connectivity index (χ1v) is 6.02. The van der Waals surface area contributed by atoms with E-state index >= 15 is 0 Å². The molecule has 2 aliphatic heterocycles. The summed E-state index contributed by atoms with van der Waals surface area (Å²) in [5, 5.41) is 2.72. The third-order valence-corrected chi connectivity index (χ3v) is 3.48. The molecular formula is C11H20ClN3O2. The van der Waals surface area contributed by atoms with Crippen LogP contribution in [-0.4, -0.2) is 41.9 Å². The molecule has 5 nitrogen and oxygen atoms in total. The van der Waals surface area contributed by atoms with E-state index in [4.69, 9.17) is 5.73 Å². The Morgan fingerprint density at radius 1 is 1.41 bits per heavy atom. The van der Waals surface area contributed by atoms with Crippen LogP contribution >= 0.6 is 12.4 Å². The molecule has 0 aromatic heterocycles. The zero-order chi connectivity index (χ0) is 11.5. The lowest BCUT2D eigenvalue weighted by molar-refractivity contribution is -0.137. The zero-order valence-electron chi connectivity index (χ0n) is 9.85. The molecule has 0 aromatic rings. The number of amides is 2. The van der Waals surface area contributed by atoms with E-state index in [9.17, 15) is 9.59 Å². The van der Waals surface area contributed by atoms with Crippen LogP contribution in [0, 0.1) is 0 Å². The van der Waals surface area contributed by atoms with Crippen LogP contribution in [0.1, 0.15) is 32.1 Å². The lowest BCUT2D eigenvalue weighted by Gasteiger charge is -2.36. The van der Waals surface area contributed by atoms with Gasteiger partial charge >= 0.3 is 0 Å². The van der Waals surface area contributed by atoms with E-state index in [1.54, 1.807) is 0 Å². The first-order valence-electron chi connectivity index (χ1n) is 6.02. The Balaban J connectivity index is 0.00000144. The molecule has 6 heteroatoms. The van der Waals surface area contributed by atoms with E-state index in [1.807, 2.05) is 4.90 Å². The number of likely N-dealkylation sites (tertiary alicyclic amines) is 1. The Labute approximate surface area is 108 Å². The fraction of sp³-hybridized carbons (Fsp3) is 0.818. The fourth-order valence-electron chi connectivity index (χ4n) is 2.54. The van der Waals surface area contributed by atoms with Gasteiger partial charge in [0.05, 0.1) is 0 Å². The molecule has 2 fully saturated rings. The van der Waals surface area contributed by atoms with Gasteiger partial charge in [0, 0.05) is 25.6 Å². The summed E-state index contributed by atoms with van der Waals surface area (Å²) in [4.78, 5) is 25.1. The van der Waals surface area contributed by atoms with Crippen LogP contribution in [0.15, 0.2) is 0 Å². The van der Waals surface area contributed by atoms with Crippen molar-refractivity contribution in [3.05, 3.63) is 0 Å². The first-order chi connectivity index (χ1) is 7.72. The zero-order valence-corrected chi connectivity index (χ0v) is 10.7. The lowest BCUT2D eigenvalue weighted by atomic mass is 10.0. The molecule has 0 saturated carbocycles. The van der Waals surface area contributed by atoms with Gasteiger partial charge in [-0.1, -0.05) is 0 Å². The van der Waals surface area contributed by atoms with Crippen LogP contribution in [0.5, 0.6) is 0 Å². The van der Waals surface area contributed by atoms with E-state index in [0.717, 1.165) is 25.8 Å². The maximum atomic E-state index is 12.2. The normalized spacial score (nSPS) is 28.5. The van der Waals surface area contributed by atoms with Gasteiger partial charge in [-0.05, 0) is 25.7 Å². The number of halogens is 1. The van der Waals surface area contributed by atoms with Gasteiger partial charge in [-0.15, -0.1) is 12.4 Å². The van der Waals surface area contributed by atoms with Crippen LogP contribution in [0.4, 0.5) is 0 Å². The molecule has 2 unspecified atom stereocenters. The Bertz CT molecular complexity index is 298. The maximum Gasteiger partial charge on any atom is 0.245 e. The Kier molecular flexibility index (Phi) is 5.21. The maximum absolute atomic E-state index is 12.2. The molecule has 0 bridgehead atoms. The fourth-order valence-corrected chi connectivity index (χ4v) is 2.54. The van der Waals surface area contributed by atoms with Crippen molar-refractivity contribution in [2.24, 2.45) is 5.73 Å². The largest absolute Gasteiger partial charge is 0.344 e. The van der Waals surface area contributed by atoms with E-state index in [-0.39, 0.29) is 36.3 Å². The number of piperidine rings is 1. The van der Waals surface area contributed by atoms with Gasteiger partial charge in [0.1, 0.15) is 6.04 Å². The Hall–Kier alpha value is -0.810. The molecule has 98 valence electrons. The quantitative estimate of drug-likeness (QED) is 0.736. The highest BCUT2D eigenvalue weighted by atomic mass is 35.5. The topological polar surface area (TPSA) is 75.4 Å². The molecule has 17 heavy (non-hydrogen) atoms. The molecular weight excluding hydrogens is 242 g/mol. The number of nitrogens with one attached hydrogen (secondary N) is 1. The minimum Gasteiger partial charge on any atom is -0.344 e. The molecule has 2 heterocycles. The second-order valence-electron chi connectivity index (χ2n) is 4.58. The number of carbonyl (C=O) groups excluding carboxylic acids is 2. The van der Waals surface area contributed by atoms with Crippen LogP contribution in [0.2, 0.25) is 0 Å². The first kappa shape index (κ1) is 14.3. The van der Waals surface area contributed by atoms with Gasteiger partial charge in [-0.2, -0.15) is 0 Å². The molecule has 0 aromatic carbocycles. The van der Waals surface area contributed by atoms with Crippen LogP contribution in [0.3, 0.4) is 0 Å². The molecule has 2 amide bonds. The van der Waals surface area contributed by atoms with Gasteiger partial charge < -0.3 is 16.0 Å². The minimum absolute atomic E-state index is 0. The summed E-state index contributed by atoms with van der Waals surface area (Å²) < 4.78 is 0. The van der Waals surface area contributed by atoms with Gasteiger partial charge in [0.15, 0.2) is 0 Å². The summed E-state index contributed by atoms with van der Waals surface area (Å²) in [7, 11) is 0. The Morgan fingerprint density at radius 3 is 2.76 bits per heavy atom. The number of hydrogen-bond donors (Lipinski definition) is 2. The summed E-state index contributed by atoms with van der Waals surface area (Å²) in [5.74, 6) is 0.0423. The molecule has 2 saturated heterocycles. The van der Waals surface area contributed by atoms with Gasteiger partial charge in [0.2, 0.25) is 11.8 Å². The minimum atomic E-state index is -0.306. The Morgan fingerprint density at radius 2 is 2.18 bits per heavy atom. The predicted octanol–water partition coefficient (Wildman–Crippen LogP) is 0.0266. The predicted molar refractivity (Wildman–Crippen MR) is 66.8 cm³/mol. The van der Waals surface area contributed by atoms with E-state index < -0.39 is 0 Å². The van der Waals surface area contributed by atoms with Gasteiger partial charge in [0.25, 0.3) is 0 Å². The summed E-state index contributed by atoms with van der Waals surface area (Å²) >= 11 is 0. The second kappa shape index (κ2) is 6.21. The monoisotopic (exact) mass is 261 g/mol. The number of rotatable bonds is 2. The summed E-state index contributed by atoms with van der Waals surface area (Å²) in [5.41, 5.74) is 5.68.